The van der Waals surface area contributed by atoms with Crippen LogP contribution >= 0.6 is 0 Å². The molecule has 0 aliphatic rings. The minimum Gasteiger partial charge on any atom is -0.383 e. The molecule has 154 valence electrons. The van der Waals surface area contributed by atoms with E-state index in [-0.39, 0.29) is 35.8 Å². The van der Waals surface area contributed by atoms with E-state index < -0.39 is 15.9 Å². The van der Waals surface area contributed by atoms with Crippen LogP contribution in [0.2, 0.25) is 0 Å². The van der Waals surface area contributed by atoms with Gasteiger partial charge < -0.3 is 14.6 Å². The maximum Gasteiger partial charge on any atom is 0.243 e. The van der Waals surface area contributed by atoms with Crippen LogP contribution in [-0.4, -0.2) is 50.6 Å². The van der Waals surface area contributed by atoms with Gasteiger partial charge in [0.25, 0.3) is 0 Å². The number of sulfonamides is 1. The van der Waals surface area contributed by atoms with E-state index in [1.54, 1.807) is 37.3 Å². The average Bonchev–Trinajstić information content (AvgIpc) is 3.02. The van der Waals surface area contributed by atoms with Crippen LogP contribution in [0.15, 0.2) is 39.8 Å². The highest BCUT2D eigenvalue weighted by Gasteiger charge is 2.27. The lowest BCUT2D eigenvalue weighted by atomic mass is 9.87. The smallest absolute Gasteiger partial charge is 0.243 e. The molecular weight excluding hydrogens is 382 g/mol. The summed E-state index contributed by atoms with van der Waals surface area (Å²) in [5.41, 5.74) is 0.933. The molecule has 1 amide bonds. The number of nitrogens with one attached hydrogen (secondary N) is 1. The minimum atomic E-state index is -3.87. The fraction of sp³-hybridized carbons (Fsp3) is 0.474. The average molecular weight is 410 g/mol. The number of aryl methyl sites for hydroxylation is 1. The van der Waals surface area contributed by atoms with E-state index in [1.807, 2.05) is 0 Å². The highest BCUT2D eigenvalue weighted by molar-refractivity contribution is 7.89. The van der Waals surface area contributed by atoms with E-state index in [0.29, 0.717) is 5.76 Å². The molecule has 28 heavy (non-hydrogen) atoms. The lowest BCUT2D eigenvalue weighted by molar-refractivity contribution is -0.116. The monoisotopic (exact) mass is 409 g/mol. The molecule has 0 fully saturated rings. The Bertz CT molecular complexity index is 898. The number of hydrogen-bond acceptors (Lipinski definition) is 6. The zero-order chi connectivity index (χ0) is 20.9. The molecule has 0 unspecified atom stereocenters. The van der Waals surface area contributed by atoms with Crippen molar-refractivity contribution in [2.24, 2.45) is 0 Å². The molecule has 0 atom stereocenters. The van der Waals surface area contributed by atoms with Crippen LogP contribution < -0.4 is 5.32 Å². The maximum absolute atomic E-state index is 13.0. The Morgan fingerprint density at radius 2 is 1.89 bits per heavy atom. The van der Waals surface area contributed by atoms with Crippen molar-refractivity contribution in [1.29, 1.82) is 0 Å². The number of benzene rings is 1. The molecule has 2 aromatic rings. The molecule has 0 saturated heterocycles. The molecule has 0 aliphatic carbocycles. The van der Waals surface area contributed by atoms with Gasteiger partial charge in [0, 0.05) is 19.7 Å². The van der Waals surface area contributed by atoms with Crippen molar-refractivity contribution in [1.82, 2.24) is 9.46 Å². The highest BCUT2D eigenvalue weighted by atomic mass is 32.2. The second kappa shape index (κ2) is 8.85. The minimum absolute atomic E-state index is 0.0467. The zero-order valence-corrected chi connectivity index (χ0v) is 17.7. The third kappa shape index (κ3) is 5.63. The van der Waals surface area contributed by atoms with E-state index >= 15 is 0 Å². The molecule has 0 saturated carbocycles. The van der Waals surface area contributed by atoms with Crippen LogP contribution in [0.1, 0.15) is 32.1 Å². The SMILES string of the molecule is COCCN(CC(=O)Nc1cc(C)on1)S(=O)(=O)c1ccc(C(C)(C)C)cc1. The standard InChI is InChI=1S/C19H27N3O5S/c1-14-12-17(21-27-14)20-18(23)13-22(10-11-26-5)28(24,25)16-8-6-15(7-9-16)19(2,3)4/h6-9,12H,10-11,13H2,1-5H3,(H,20,21,23). The normalized spacial score (nSPS) is 12.4. The van der Waals surface area contributed by atoms with Crippen LogP contribution in [0.5, 0.6) is 0 Å². The molecule has 0 aliphatic heterocycles. The largest absolute Gasteiger partial charge is 0.383 e. The van der Waals surface area contributed by atoms with Crippen LogP contribution in [0.25, 0.3) is 0 Å². The van der Waals surface area contributed by atoms with E-state index in [9.17, 15) is 13.2 Å². The number of anilines is 1. The van der Waals surface area contributed by atoms with Crippen molar-refractivity contribution in [2.75, 3.05) is 32.1 Å². The molecule has 1 aromatic carbocycles. The number of carbonyl (C=O) groups is 1. The van der Waals surface area contributed by atoms with E-state index in [0.717, 1.165) is 9.87 Å². The van der Waals surface area contributed by atoms with Crippen molar-refractivity contribution in [3.05, 3.63) is 41.7 Å². The number of amides is 1. The van der Waals surface area contributed by atoms with Gasteiger partial charge in [0.15, 0.2) is 5.82 Å². The first kappa shape index (κ1) is 22.1. The summed E-state index contributed by atoms with van der Waals surface area (Å²) < 4.78 is 37.1. The van der Waals surface area contributed by atoms with Crippen molar-refractivity contribution in [3.63, 3.8) is 0 Å². The molecule has 1 heterocycles. The fourth-order valence-corrected chi connectivity index (χ4v) is 3.90. The van der Waals surface area contributed by atoms with Crippen molar-refractivity contribution >= 4 is 21.7 Å². The molecule has 1 aromatic heterocycles. The third-order valence-electron chi connectivity index (χ3n) is 4.12. The maximum atomic E-state index is 13.0. The number of hydrogen-bond donors (Lipinski definition) is 1. The van der Waals surface area contributed by atoms with Gasteiger partial charge in [-0.15, -0.1) is 0 Å². The van der Waals surface area contributed by atoms with Crippen LogP contribution in [0, 0.1) is 6.92 Å². The second-order valence-corrected chi connectivity index (χ2v) is 9.41. The molecule has 2 rings (SSSR count). The number of aromatic nitrogens is 1. The first-order valence-corrected chi connectivity index (χ1v) is 10.3. The zero-order valence-electron chi connectivity index (χ0n) is 16.9. The van der Waals surface area contributed by atoms with Gasteiger partial charge in [-0.3, -0.25) is 4.79 Å². The van der Waals surface area contributed by atoms with Gasteiger partial charge in [0.2, 0.25) is 15.9 Å². The Balaban J connectivity index is 2.20. The summed E-state index contributed by atoms with van der Waals surface area (Å²) in [5.74, 6) is 0.263. The Labute approximate surface area is 165 Å². The number of methoxy groups -OCH3 is 1. The van der Waals surface area contributed by atoms with E-state index in [4.69, 9.17) is 9.26 Å². The van der Waals surface area contributed by atoms with Gasteiger partial charge in [0.05, 0.1) is 18.0 Å². The fourth-order valence-electron chi connectivity index (χ4n) is 2.52. The lowest BCUT2D eigenvalue weighted by Crippen LogP contribution is -2.40. The lowest BCUT2D eigenvalue weighted by Gasteiger charge is -2.23. The molecule has 0 radical (unpaired) electrons. The summed E-state index contributed by atoms with van der Waals surface area (Å²) in [4.78, 5) is 12.4. The van der Waals surface area contributed by atoms with Gasteiger partial charge in [-0.05, 0) is 30.0 Å². The number of carbonyl (C=O) groups excluding carboxylic acids is 1. The third-order valence-corrected chi connectivity index (χ3v) is 5.98. The van der Waals surface area contributed by atoms with Gasteiger partial charge >= 0.3 is 0 Å². The Kier molecular flexibility index (Phi) is 6.97. The first-order chi connectivity index (χ1) is 13.0. The highest BCUT2D eigenvalue weighted by Crippen LogP contribution is 2.24. The van der Waals surface area contributed by atoms with Crippen molar-refractivity contribution in [2.45, 2.75) is 38.0 Å². The predicted octanol–water partition coefficient (Wildman–Crippen LogP) is 2.56. The van der Waals surface area contributed by atoms with E-state index in [2.05, 4.69) is 31.2 Å². The molecule has 0 spiro atoms. The van der Waals surface area contributed by atoms with Crippen LogP contribution in [-0.2, 0) is 25.0 Å². The van der Waals surface area contributed by atoms with Gasteiger partial charge in [-0.1, -0.05) is 38.1 Å². The molecule has 8 nitrogen and oxygen atoms in total. The quantitative estimate of drug-likeness (QED) is 0.719. The van der Waals surface area contributed by atoms with Crippen molar-refractivity contribution in [3.8, 4) is 0 Å². The molecular formula is C19H27N3O5S. The second-order valence-electron chi connectivity index (χ2n) is 7.48. The molecule has 0 bridgehead atoms. The van der Waals surface area contributed by atoms with Crippen LogP contribution in [0.4, 0.5) is 5.82 Å². The predicted molar refractivity (Wildman–Crippen MR) is 106 cm³/mol. The number of ether oxygens (including phenoxy) is 1. The Morgan fingerprint density at radius 3 is 2.39 bits per heavy atom. The molecule has 1 N–H and O–H groups in total. The van der Waals surface area contributed by atoms with Gasteiger partial charge in [-0.2, -0.15) is 4.31 Å². The molecule has 9 heteroatoms. The summed E-state index contributed by atoms with van der Waals surface area (Å²) in [6.07, 6.45) is 0. The van der Waals surface area contributed by atoms with Gasteiger partial charge in [-0.25, -0.2) is 8.42 Å². The summed E-state index contributed by atoms with van der Waals surface area (Å²) in [6.45, 7) is 7.70. The number of nitrogens with zero attached hydrogens (tertiary/aromatic N) is 2. The summed E-state index contributed by atoms with van der Waals surface area (Å²) in [6, 6.07) is 8.26. The van der Waals surface area contributed by atoms with E-state index in [1.165, 1.54) is 7.11 Å². The van der Waals surface area contributed by atoms with Crippen molar-refractivity contribution < 1.29 is 22.5 Å². The Hall–Kier alpha value is -2.23. The number of rotatable bonds is 8. The summed E-state index contributed by atoms with van der Waals surface area (Å²) >= 11 is 0. The first-order valence-electron chi connectivity index (χ1n) is 8.87. The summed E-state index contributed by atoms with van der Waals surface area (Å²) in [5, 5.41) is 6.21. The Morgan fingerprint density at radius 1 is 1.25 bits per heavy atom. The topological polar surface area (TPSA) is 102 Å². The van der Waals surface area contributed by atoms with Gasteiger partial charge in [0.1, 0.15) is 5.76 Å². The summed E-state index contributed by atoms with van der Waals surface area (Å²) in [7, 11) is -2.40. The van der Waals surface area contributed by atoms with Crippen LogP contribution in [0.3, 0.4) is 0 Å².